The summed E-state index contributed by atoms with van der Waals surface area (Å²) in [7, 11) is 0. The molecule has 0 radical (unpaired) electrons. The Hall–Kier alpha value is -1.69. The van der Waals surface area contributed by atoms with Gasteiger partial charge in [-0.25, -0.2) is 0 Å². The van der Waals surface area contributed by atoms with Gasteiger partial charge in [-0.1, -0.05) is 0 Å². The number of anilines is 1. The third-order valence-corrected chi connectivity index (χ3v) is 3.51. The molecule has 1 aromatic rings. The van der Waals surface area contributed by atoms with Crippen LogP contribution in [0.15, 0.2) is 18.3 Å². The van der Waals surface area contributed by atoms with Crippen LogP contribution in [0.2, 0.25) is 0 Å². The van der Waals surface area contributed by atoms with Gasteiger partial charge in [0, 0.05) is 37.8 Å². The topological polar surface area (TPSA) is 62.5 Å². The first-order valence-electron chi connectivity index (χ1n) is 6.48. The fourth-order valence-corrected chi connectivity index (χ4v) is 2.31. The Balaban J connectivity index is 2.00. The zero-order valence-electron chi connectivity index (χ0n) is 11.7. The van der Waals surface area contributed by atoms with E-state index in [1.807, 2.05) is 0 Å². The van der Waals surface area contributed by atoms with Crippen LogP contribution in [0.5, 0.6) is 0 Å². The zero-order valence-corrected chi connectivity index (χ0v) is 11.7. The predicted octanol–water partition coefficient (Wildman–Crippen LogP) is 1.91. The minimum atomic E-state index is -0.471. The van der Waals surface area contributed by atoms with E-state index in [0.717, 1.165) is 31.9 Å². The van der Waals surface area contributed by atoms with Gasteiger partial charge >= 0.3 is 5.82 Å². The maximum atomic E-state index is 10.6. The van der Waals surface area contributed by atoms with E-state index in [-0.39, 0.29) is 11.4 Å². The maximum Gasteiger partial charge on any atom is 0.363 e. The van der Waals surface area contributed by atoms with Gasteiger partial charge in [-0.15, -0.1) is 0 Å². The van der Waals surface area contributed by atoms with Crippen LogP contribution in [-0.2, 0) is 0 Å². The highest BCUT2D eigenvalue weighted by molar-refractivity contribution is 5.46. The monoisotopic (exact) mass is 264 g/mol. The number of nitrogens with zero attached hydrogens (tertiary/aromatic N) is 4. The van der Waals surface area contributed by atoms with Crippen LogP contribution in [0.25, 0.3) is 0 Å². The molecule has 1 fully saturated rings. The van der Waals surface area contributed by atoms with Crippen LogP contribution >= 0.6 is 0 Å². The highest BCUT2D eigenvalue weighted by Crippen LogP contribution is 2.21. The summed E-state index contributed by atoms with van der Waals surface area (Å²) in [6.45, 7) is 10.5. The molecular formula is C13H20N4O2. The van der Waals surface area contributed by atoms with Gasteiger partial charge in [0.2, 0.25) is 0 Å². The molecule has 0 saturated carbocycles. The molecule has 0 unspecified atom stereocenters. The summed E-state index contributed by atoms with van der Waals surface area (Å²) < 4.78 is 0. The summed E-state index contributed by atoms with van der Waals surface area (Å²) in [5.74, 6) is -0.0999. The molecule has 0 N–H and O–H groups in total. The lowest BCUT2D eigenvalue weighted by molar-refractivity contribution is -0.389. The van der Waals surface area contributed by atoms with Crippen LogP contribution in [0.3, 0.4) is 0 Å². The highest BCUT2D eigenvalue weighted by Gasteiger charge is 2.26. The number of rotatable bonds is 2. The summed E-state index contributed by atoms with van der Waals surface area (Å²) in [6, 6.07) is 3.24. The lowest BCUT2D eigenvalue weighted by Crippen LogP contribution is -2.53. The maximum absolute atomic E-state index is 10.6. The molecule has 1 aliphatic heterocycles. The van der Waals surface area contributed by atoms with Crippen molar-refractivity contribution in [2.75, 3.05) is 31.1 Å². The normalized spacial score (nSPS) is 17.5. The van der Waals surface area contributed by atoms with Gasteiger partial charge in [-0.05, 0) is 36.7 Å². The van der Waals surface area contributed by atoms with Crippen LogP contribution < -0.4 is 4.90 Å². The van der Waals surface area contributed by atoms with Crippen molar-refractivity contribution in [3.05, 3.63) is 28.4 Å². The van der Waals surface area contributed by atoms with Gasteiger partial charge < -0.3 is 15.0 Å². The number of piperazine rings is 1. The van der Waals surface area contributed by atoms with Crippen molar-refractivity contribution in [3.8, 4) is 0 Å². The molecule has 1 aliphatic rings. The van der Waals surface area contributed by atoms with Crippen molar-refractivity contribution in [1.82, 2.24) is 9.88 Å². The molecule has 6 heteroatoms. The Bertz CT molecular complexity index is 445. The van der Waals surface area contributed by atoms with E-state index >= 15 is 0 Å². The molecule has 0 aliphatic carbocycles. The molecule has 2 heterocycles. The van der Waals surface area contributed by atoms with Crippen molar-refractivity contribution >= 4 is 11.5 Å². The van der Waals surface area contributed by atoms with E-state index in [2.05, 4.69) is 35.6 Å². The quantitative estimate of drug-likeness (QED) is 0.603. The van der Waals surface area contributed by atoms with Gasteiger partial charge in [0.25, 0.3) is 0 Å². The molecule has 0 amide bonds. The van der Waals surface area contributed by atoms with Gasteiger partial charge in [-0.2, -0.15) is 0 Å². The Kier molecular flexibility index (Phi) is 3.71. The Morgan fingerprint density at radius 1 is 1.21 bits per heavy atom. The minimum absolute atomic E-state index is 0.0999. The van der Waals surface area contributed by atoms with Gasteiger partial charge in [0.05, 0.1) is 5.69 Å². The standard InChI is InChI=1S/C13H20N4O2/c1-13(2,3)16-8-6-15(7-9-16)11-4-5-12(14-10-11)17(18)19/h4-5,10H,6-9H2,1-3H3. The van der Waals surface area contributed by atoms with Crippen LogP contribution in [-0.4, -0.2) is 46.5 Å². The SMILES string of the molecule is CC(C)(C)N1CCN(c2ccc([N+](=O)[O-])nc2)CC1. The third-order valence-electron chi connectivity index (χ3n) is 3.51. The second-order valence-corrected chi connectivity index (χ2v) is 5.78. The summed E-state index contributed by atoms with van der Waals surface area (Å²) >= 11 is 0. The number of hydrogen-bond acceptors (Lipinski definition) is 5. The molecule has 0 bridgehead atoms. The minimum Gasteiger partial charge on any atom is -0.366 e. The molecule has 1 saturated heterocycles. The third kappa shape index (κ3) is 3.20. The zero-order chi connectivity index (χ0) is 14.0. The number of aromatic nitrogens is 1. The van der Waals surface area contributed by atoms with Gasteiger partial charge in [0.1, 0.15) is 0 Å². The van der Waals surface area contributed by atoms with E-state index in [9.17, 15) is 10.1 Å². The average Bonchev–Trinajstić information content (AvgIpc) is 2.38. The Morgan fingerprint density at radius 3 is 2.26 bits per heavy atom. The summed E-state index contributed by atoms with van der Waals surface area (Å²) in [5, 5.41) is 10.6. The van der Waals surface area contributed by atoms with E-state index in [0.29, 0.717) is 0 Å². The van der Waals surface area contributed by atoms with E-state index < -0.39 is 4.92 Å². The van der Waals surface area contributed by atoms with Crippen molar-refractivity contribution in [2.45, 2.75) is 26.3 Å². The fraction of sp³-hybridized carbons (Fsp3) is 0.615. The first-order chi connectivity index (χ1) is 8.88. The summed E-state index contributed by atoms with van der Waals surface area (Å²) in [6.07, 6.45) is 1.59. The Labute approximate surface area is 113 Å². The molecule has 19 heavy (non-hydrogen) atoms. The average molecular weight is 264 g/mol. The van der Waals surface area contributed by atoms with Gasteiger partial charge in [-0.3, -0.25) is 4.90 Å². The van der Waals surface area contributed by atoms with Crippen LogP contribution in [0.1, 0.15) is 20.8 Å². The highest BCUT2D eigenvalue weighted by atomic mass is 16.6. The first-order valence-corrected chi connectivity index (χ1v) is 6.48. The van der Waals surface area contributed by atoms with Gasteiger partial charge in [0.15, 0.2) is 6.20 Å². The predicted molar refractivity (Wildman–Crippen MR) is 74.4 cm³/mol. The summed E-state index contributed by atoms with van der Waals surface area (Å²) in [4.78, 5) is 18.6. The number of nitro groups is 1. The second kappa shape index (κ2) is 5.13. The van der Waals surface area contributed by atoms with E-state index in [1.54, 1.807) is 12.3 Å². The smallest absolute Gasteiger partial charge is 0.363 e. The Morgan fingerprint density at radius 2 is 1.84 bits per heavy atom. The molecule has 1 aromatic heterocycles. The molecule has 0 atom stereocenters. The lowest BCUT2D eigenvalue weighted by atomic mass is 10.0. The number of hydrogen-bond donors (Lipinski definition) is 0. The lowest BCUT2D eigenvalue weighted by Gasteiger charge is -2.42. The van der Waals surface area contributed by atoms with Crippen molar-refractivity contribution in [3.63, 3.8) is 0 Å². The first kappa shape index (κ1) is 13.7. The molecule has 2 rings (SSSR count). The van der Waals surface area contributed by atoms with Crippen molar-refractivity contribution in [2.24, 2.45) is 0 Å². The summed E-state index contributed by atoms with van der Waals surface area (Å²) in [5.41, 5.74) is 1.15. The number of pyridine rings is 1. The van der Waals surface area contributed by atoms with E-state index in [4.69, 9.17) is 0 Å². The van der Waals surface area contributed by atoms with Crippen LogP contribution in [0.4, 0.5) is 11.5 Å². The molecule has 6 nitrogen and oxygen atoms in total. The van der Waals surface area contributed by atoms with Crippen molar-refractivity contribution in [1.29, 1.82) is 0 Å². The molecule has 0 aromatic carbocycles. The van der Waals surface area contributed by atoms with E-state index in [1.165, 1.54) is 6.07 Å². The van der Waals surface area contributed by atoms with Crippen molar-refractivity contribution < 1.29 is 4.92 Å². The second-order valence-electron chi connectivity index (χ2n) is 5.78. The largest absolute Gasteiger partial charge is 0.366 e. The fourth-order valence-electron chi connectivity index (χ4n) is 2.31. The van der Waals surface area contributed by atoms with Crippen LogP contribution in [0, 0.1) is 10.1 Å². The molecule has 104 valence electrons. The molecule has 0 spiro atoms. The molecular weight excluding hydrogens is 244 g/mol.